The molecule has 0 heterocycles. The molecular weight excluding hydrogens is 180 g/mol. The Labute approximate surface area is 76.6 Å². The fourth-order valence-electron chi connectivity index (χ4n) is 0.0577. The highest BCUT2D eigenvalue weighted by atomic mass is 16.3. The SMILES string of the molecule is CCO.NC(N)=O.OCC(O)CO. The lowest BCUT2D eigenvalue weighted by molar-refractivity contribution is 0.0450. The zero-order chi connectivity index (χ0) is 11.3. The minimum absolute atomic E-state index is 0.250. The summed E-state index contributed by atoms with van der Waals surface area (Å²) in [6.45, 7) is 1.20. The van der Waals surface area contributed by atoms with Crippen LogP contribution in [0.15, 0.2) is 0 Å². The first kappa shape index (κ1) is 18.0. The molecule has 7 nitrogen and oxygen atoms in total. The van der Waals surface area contributed by atoms with Crippen molar-refractivity contribution in [2.45, 2.75) is 13.0 Å². The quantitative estimate of drug-likeness (QED) is 0.286. The molecule has 0 aliphatic carbocycles. The molecule has 0 atom stereocenters. The average Bonchev–Trinajstić information content (AvgIpc) is 2.03. The normalized spacial score (nSPS) is 7.85. The number of carbonyl (C=O) groups is 1. The van der Waals surface area contributed by atoms with Crippen molar-refractivity contribution in [3.63, 3.8) is 0 Å². The number of primary amides is 2. The van der Waals surface area contributed by atoms with E-state index in [4.69, 9.17) is 25.2 Å². The topological polar surface area (TPSA) is 150 Å². The van der Waals surface area contributed by atoms with Gasteiger partial charge in [-0.1, -0.05) is 0 Å². The fourth-order valence-corrected chi connectivity index (χ4v) is 0.0577. The Kier molecular flexibility index (Phi) is 23.9. The van der Waals surface area contributed by atoms with Crippen molar-refractivity contribution in [2.24, 2.45) is 11.5 Å². The fraction of sp³-hybridized carbons (Fsp3) is 0.833. The highest BCUT2D eigenvalue weighted by molar-refractivity contribution is 5.69. The number of nitrogens with two attached hydrogens (primary N) is 2. The summed E-state index contributed by atoms with van der Waals surface area (Å²) in [4.78, 5) is 9.00. The van der Waals surface area contributed by atoms with E-state index in [-0.39, 0.29) is 19.8 Å². The zero-order valence-corrected chi connectivity index (χ0v) is 7.55. The number of rotatable bonds is 2. The summed E-state index contributed by atoms with van der Waals surface area (Å²) in [6, 6.07) is -0.833. The smallest absolute Gasteiger partial charge is 0.309 e. The lowest BCUT2D eigenvalue weighted by atomic mass is 10.4. The van der Waals surface area contributed by atoms with Crippen molar-refractivity contribution in [3.8, 4) is 0 Å². The van der Waals surface area contributed by atoms with E-state index in [9.17, 15) is 0 Å². The summed E-state index contributed by atoms with van der Waals surface area (Å²) in [5.41, 5.74) is 8.50. The van der Waals surface area contributed by atoms with Crippen molar-refractivity contribution in [1.29, 1.82) is 0 Å². The maximum absolute atomic E-state index is 9.00. The maximum atomic E-state index is 9.00. The Balaban J connectivity index is -0.000000125. The molecule has 82 valence electrons. The molecule has 0 fully saturated rings. The van der Waals surface area contributed by atoms with Gasteiger partial charge in [0.2, 0.25) is 0 Å². The Morgan fingerprint density at radius 3 is 1.38 bits per heavy atom. The van der Waals surface area contributed by atoms with Crippen LogP contribution in [0, 0.1) is 0 Å². The van der Waals surface area contributed by atoms with Crippen LogP contribution in [0.3, 0.4) is 0 Å². The predicted molar refractivity (Wildman–Crippen MR) is 46.7 cm³/mol. The van der Waals surface area contributed by atoms with Gasteiger partial charge in [-0.3, -0.25) is 0 Å². The molecule has 0 saturated carbocycles. The van der Waals surface area contributed by atoms with Gasteiger partial charge >= 0.3 is 6.03 Å². The van der Waals surface area contributed by atoms with Gasteiger partial charge in [0.1, 0.15) is 6.10 Å². The first-order valence-corrected chi connectivity index (χ1v) is 3.51. The first-order valence-electron chi connectivity index (χ1n) is 3.51. The van der Waals surface area contributed by atoms with E-state index in [2.05, 4.69) is 11.5 Å². The van der Waals surface area contributed by atoms with E-state index in [1.807, 2.05) is 0 Å². The van der Waals surface area contributed by atoms with E-state index in [0.717, 1.165) is 0 Å². The van der Waals surface area contributed by atoms with E-state index in [0.29, 0.717) is 0 Å². The minimum Gasteiger partial charge on any atom is -0.397 e. The van der Waals surface area contributed by atoms with Crippen molar-refractivity contribution in [3.05, 3.63) is 0 Å². The Bertz CT molecular complexity index is 93.0. The van der Waals surface area contributed by atoms with E-state index in [1.165, 1.54) is 0 Å². The Hall–Kier alpha value is -0.890. The summed E-state index contributed by atoms with van der Waals surface area (Å²) < 4.78 is 0. The molecule has 0 aromatic rings. The van der Waals surface area contributed by atoms with Crippen LogP contribution in [-0.4, -0.2) is 52.4 Å². The maximum Gasteiger partial charge on any atom is 0.309 e. The van der Waals surface area contributed by atoms with Crippen molar-refractivity contribution in [2.75, 3.05) is 19.8 Å². The van der Waals surface area contributed by atoms with Gasteiger partial charge in [0, 0.05) is 6.61 Å². The molecule has 0 aliphatic heterocycles. The second-order valence-corrected chi connectivity index (χ2v) is 1.74. The summed E-state index contributed by atoms with van der Waals surface area (Å²) in [5.74, 6) is 0. The van der Waals surface area contributed by atoms with Gasteiger partial charge in [-0.05, 0) is 6.92 Å². The largest absolute Gasteiger partial charge is 0.397 e. The molecule has 0 bridgehead atoms. The molecule has 2 amide bonds. The molecule has 0 aromatic carbocycles. The Morgan fingerprint density at radius 1 is 1.23 bits per heavy atom. The number of carbonyl (C=O) groups excluding carboxylic acids is 1. The Morgan fingerprint density at radius 2 is 1.38 bits per heavy atom. The molecule has 13 heavy (non-hydrogen) atoms. The summed E-state index contributed by atoms with van der Waals surface area (Å²) in [7, 11) is 0. The van der Waals surface area contributed by atoms with Crippen LogP contribution in [0.4, 0.5) is 4.79 Å². The molecule has 0 rings (SSSR count). The molecule has 0 saturated heterocycles. The van der Waals surface area contributed by atoms with Gasteiger partial charge < -0.3 is 31.9 Å². The van der Waals surface area contributed by atoms with Crippen LogP contribution in [0.5, 0.6) is 0 Å². The highest BCUT2D eigenvalue weighted by Crippen LogP contribution is 1.71. The van der Waals surface area contributed by atoms with Crippen LogP contribution in [-0.2, 0) is 0 Å². The van der Waals surface area contributed by atoms with Gasteiger partial charge in [-0.25, -0.2) is 4.79 Å². The van der Waals surface area contributed by atoms with Crippen LogP contribution >= 0.6 is 0 Å². The molecule has 0 aliphatic rings. The van der Waals surface area contributed by atoms with Gasteiger partial charge in [-0.2, -0.15) is 0 Å². The van der Waals surface area contributed by atoms with Crippen molar-refractivity contribution in [1.82, 2.24) is 0 Å². The lowest BCUT2D eigenvalue weighted by Gasteiger charge is -1.96. The average molecular weight is 198 g/mol. The van der Waals surface area contributed by atoms with Gasteiger partial charge in [0.05, 0.1) is 13.2 Å². The van der Waals surface area contributed by atoms with Gasteiger partial charge in [0.25, 0.3) is 0 Å². The van der Waals surface area contributed by atoms with Crippen LogP contribution in [0.1, 0.15) is 6.92 Å². The third kappa shape index (κ3) is 95.3. The predicted octanol–water partition coefficient (Wildman–Crippen LogP) is -2.65. The number of hydrogen-bond donors (Lipinski definition) is 6. The summed E-state index contributed by atoms with van der Waals surface area (Å²) >= 11 is 0. The van der Waals surface area contributed by atoms with Crippen LogP contribution < -0.4 is 11.5 Å². The van der Waals surface area contributed by atoms with Crippen molar-refractivity contribution < 1.29 is 25.2 Å². The summed E-state index contributed by atoms with van der Waals surface area (Å²) in [5, 5.41) is 31.6. The number of urea groups is 1. The standard InChI is InChI=1S/C3H8O3.C2H6O.CH4N2O/c4-1-3(6)2-5;1-2-3;2-1(3)4/h3-6H,1-2H2;3H,2H2,1H3;(H4,2,3,4). The van der Waals surface area contributed by atoms with E-state index >= 15 is 0 Å². The van der Waals surface area contributed by atoms with Crippen LogP contribution in [0.25, 0.3) is 0 Å². The third-order valence-electron chi connectivity index (χ3n) is 0.421. The molecule has 7 heteroatoms. The molecular formula is C6H18N2O5. The monoisotopic (exact) mass is 198 g/mol. The molecule has 0 aromatic heterocycles. The number of aliphatic hydroxyl groups is 4. The molecule has 0 spiro atoms. The van der Waals surface area contributed by atoms with Gasteiger partial charge in [0.15, 0.2) is 0 Å². The molecule has 0 radical (unpaired) electrons. The van der Waals surface area contributed by atoms with Gasteiger partial charge in [-0.15, -0.1) is 0 Å². The number of aliphatic hydroxyl groups excluding tert-OH is 4. The van der Waals surface area contributed by atoms with E-state index in [1.54, 1.807) is 6.92 Å². The van der Waals surface area contributed by atoms with Crippen LogP contribution in [0.2, 0.25) is 0 Å². The molecule has 8 N–H and O–H groups in total. The highest BCUT2D eigenvalue weighted by Gasteiger charge is 1.93. The van der Waals surface area contributed by atoms with Crippen molar-refractivity contribution >= 4 is 6.03 Å². The van der Waals surface area contributed by atoms with E-state index < -0.39 is 12.1 Å². The number of amides is 2. The summed E-state index contributed by atoms with van der Waals surface area (Å²) in [6.07, 6.45) is -0.954. The molecule has 0 unspecified atom stereocenters. The second-order valence-electron chi connectivity index (χ2n) is 1.74. The first-order chi connectivity index (χ1) is 5.95. The number of hydrogen-bond acceptors (Lipinski definition) is 5. The third-order valence-corrected chi connectivity index (χ3v) is 0.421. The zero-order valence-electron chi connectivity index (χ0n) is 7.55. The second kappa shape index (κ2) is 17.3. The lowest BCUT2D eigenvalue weighted by Crippen LogP contribution is -2.18. The minimum atomic E-state index is -0.954.